The third-order valence-electron chi connectivity index (χ3n) is 1.62. The predicted molar refractivity (Wildman–Crippen MR) is 59.4 cm³/mol. The van der Waals surface area contributed by atoms with Crippen molar-refractivity contribution in [2.24, 2.45) is 0 Å². The molecule has 0 saturated heterocycles. The quantitative estimate of drug-likeness (QED) is 0.469. The van der Waals surface area contributed by atoms with E-state index in [0.29, 0.717) is 6.61 Å². The summed E-state index contributed by atoms with van der Waals surface area (Å²) in [6.07, 6.45) is 3.10. The van der Waals surface area contributed by atoms with E-state index in [2.05, 4.69) is 12.6 Å². The second-order valence-electron chi connectivity index (χ2n) is 2.64. The molecule has 0 saturated carbocycles. The molecule has 0 amide bonds. The minimum absolute atomic E-state index is 0.330. The molecule has 14 heavy (non-hydrogen) atoms. The molecule has 1 aromatic carbocycles. The molecule has 0 heterocycles. The maximum absolute atomic E-state index is 11.0. The molecule has 3 heteroatoms. The summed E-state index contributed by atoms with van der Waals surface area (Å²) in [6.45, 7) is 2.17. The molecule has 0 aliphatic carbocycles. The molecular formula is C11H12O2S. The lowest BCUT2D eigenvalue weighted by molar-refractivity contribution is -0.137. The number of benzene rings is 1. The van der Waals surface area contributed by atoms with Crippen LogP contribution in [0.1, 0.15) is 12.5 Å². The standard InChI is InChI=1S/C11H12O2S/c1-2-13-11(12)8-7-9-5-3-4-6-10(9)14/h3-8,14H,2H2,1H3. The number of hydrogen-bond acceptors (Lipinski definition) is 3. The molecule has 0 bridgehead atoms. The van der Waals surface area contributed by atoms with Gasteiger partial charge in [0, 0.05) is 11.0 Å². The fraction of sp³-hybridized carbons (Fsp3) is 0.182. The smallest absolute Gasteiger partial charge is 0.330 e. The van der Waals surface area contributed by atoms with Gasteiger partial charge >= 0.3 is 5.97 Å². The largest absolute Gasteiger partial charge is 0.463 e. The van der Waals surface area contributed by atoms with Gasteiger partial charge in [0.15, 0.2) is 0 Å². The van der Waals surface area contributed by atoms with Crippen molar-refractivity contribution in [2.75, 3.05) is 6.61 Å². The number of carbonyl (C=O) groups excluding carboxylic acids is 1. The maximum atomic E-state index is 11.0. The van der Waals surface area contributed by atoms with E-state index in [9.17, 15) is 4.79 Å². The van der Waals surface area contributed by atoms with Gasteiger partial charge in [-0.2, -0.15) is 0 Å². The maximum Gasteiger partial charge on any atom is 0.330 e. The van der Waals surface area contributed by atoms with Crippen LogP contribution in [-0.4, -0.2) is 12.6 Å². The Kier molecular flexibility index (Phi) is 4.26. The molecule has 2 nitrogen and oxygen atoms in total. The van der Waals surface area contributed by atoms with Gasteiger partial charge in [0.1, 0.15) is 0 Å². The summed E-state index contributed by atoms with van der Waals surface area (Å²) in [4.78, 5) is 11.8. The van der Waals surface area contributed by atoms with E-state index in [1.165, 1.54) is 6.08 Å². The lowest BCUT2D eigenvalue weighted by Gasteiger charge is -1.98. The second kappa shape index (κ2) is 5.50. The Balaban J connectivity index is 2.69. The molecule has 0 radical (unpaired) electrons. The number of ether oxygens (including phenoxy) is 1. The zero-order valence-electron chi connectivity index (χ0n) is 7.93. The summed E-state index contributed by atoms with van der Waals surface area (Å²) in [7, 11) is 0. The van der Waals surface area contributed by atoms with Crippen LogP contribution in [0.2, 0.25) is 0 Å². The highest BCUT2D eigenvalue weighted by molar-refractivity contribution is 7.80. The molecule has 0 fully saturated rings. The summed E-state index contributed by atoms with van der Waals surface area (Å²) in [6, 6.07) is 7.54. The highest BCUT2D eigenvalue weighted by Gasteiger charge is 1.95. The lowest BCUT2D eigenvalue weighted by atomic mass is 10.2. The van der Waals surface area contributed by atoms with Gasteiger partial charge in [-0.05, 0) is 24.6 Å². The van der Waals surface area contributed by atoms with Gasteiger partial charge in [0.2, 0.25) is 0 Å². The van der Waals surface area contributed by atoms with Gasteiger partial charge in [-0.15, -0.1) is 12.6 Å². The van der Waals surface area contributed by atoms with E-state index in [0.717, 1.165) is 10.5 Å². The third kappa shape index (κ3) is 3.26. The normalized spacial score (nSPS) is 10.4. The fourth-order valence-corrected chi connectivity index (χ4v) is 1.21. The Hall–Kier alpha value is -1.22. The molecule has 0 N–H and O–H groups in total. The van der Waals surface area contributed by atoms with E-state index in [1.54, 1.807) is 13.0 Å². The van der Waals surface area contributed by atoms with Crippen LogP contribution in [0.3, 0.4) is 0 Å². The van der Waals surface area contributed by atoms with Gasteiger partial charge in [0.05, 0.1) is 6.61 Å². The first-order valence-electron chi connectivity index (χ1n) is 4.37. The summed E-state index contributed by atoms with van der Waals surface area (Å²) in [5.41, 5.74) is 0.906. The van der Waals surface area contributed by atoms with Crippen molar-refractivity contribution < 1.29 is 9.53 Å². The van der Waals surface area contributed by atoms with Gasteiger partial charge in [-0.25, -0.2) is 4.79 Å². The van der Waals surface area contributed by atoms with E-state index in [-0.39, 0.29) is 5.97 Å². The molecule has 0 unspecified atom stereocenters. The monoisotopic (exact) mass is 208 g/mol. The van der Waals surface area contributed by atoms with E-state index in [4.69, 9.17) is 4.74 Å². The molecule has 74 valence electrons. The topological polar surface area (TPSA) is 26.3 Å². The van der Waals surface area contributed by atoms with Crippen molar-refractivity contribution in [3.8, 4) is 0 Å². The van der Waals surface area contributed by atoms with Crippen LogP contribution in [0.4, 0.5) is 0 Å². The first-order valence-corrected chi connectivity index (χ1v) is 4.81. The molecule has 0 aliphatic rings. The average molecular weight is 208 g/mol. The number of rotatable bonds is 3. The van der Waals surface area contributed by atoms with Crippen LogP contribution in [0.25, 0.3) is 6.08 Å². The van der Waals surface area contributed by atoms with Crippen LogP contribution in [-0.2, 0) is 9.53 Å². The first-order chi connectivity index (χ1) is 6.74. The number of hydrogen-bond donors (Lipinski definition) is 1. The number of carbonyl (C=O) groups is 1. The number of thiol groups is 1. The summed E-state index contributed by atoms with van der Waals surface area (Å²) < 4.78 is 4.75. The van der Waals surface area contributed by atoms with Crippen LogP contribution >= 0.6 is 12.6 Å². The van der Waals surface area contributed by atoms with Gasteiger partial charge < -0.3 is 4.74 Å². The summed E-state index contributed by atoms with van der Waals surface area (Å²) in [5, 5.41) is 0. The lowest BCUT2D eigenvalue weighted by Crippen LogP contribution is -1.98. The van der Waals surface area contributed by atoms with Gasteiger partial charge in [-0.3, -0.25) is 0 Å². The Morgan fingerprint density at radius 1 is 1.50 bits per heavy atom. The third-order valence-corrected chi connectivity index (χ3v) is 2.03. The second-order valence-corrected chi connectivity index (χ2v) is 3.13. The van der Waals surface area contributed by atoms with Crippen LogP contribution < -0.4 is 0 Å². The Labute approximate surface area is 89.0 Å². The fourth-order valence-electron chi connectivity index (χ4n) is 0.977. The van der Waals surface area contributed by atoms with Crippen molar-refractivity contribution in [2.45, 2.75) is 11.8 Å². The summed E-state index contributed by atoms with van der Waals surface area (Å²) >= 11 is 4.25. The molecule has 0 atom stereocenters. The van der Waals surface area contributed by atoms with E-state index in [1.807, 2.05) is 24.3 Å². The van der Waals surface area contributed by atoms with Gasteiger partial charge in [0.25, 0.3) is 0 Å². The average Bonchev–Trinajstić information content (AvgIpc) is 2.17. The minimum atomic E-state index is -0.330. The zero-order valence-corrected chi connectivity index (χ0v) is 8.83. The minimum Gasteiger partial charge on any atom is -0.463 e. The molecule has 0 spiro atoms. The first kappa shape index (κ1) is 10.9. The van der Waals surface area contributed by atoms with E-state index >= 15 is 0 Å². The molecule has 1 aromatic rings. The van der Waals surface area contributed by atoms with Crippen molar-refractivity contribution in [1.82, 2.24) is 0 Å². The van der Waals surface area contributed by atoms with Gasteiger partial charge in [-0.1, -0.05) is 18.2 Å². The Bertz CT molecular complexity index is 345. The Morgan fingerprint density at radius 3 is 2.86 bits per heavy atom. The molecule has 0 aliphatic heterocycles. The SMILES string of the molecule is CCOC(=O)C=Cc1ccccc1S. The van der Waals surface area contributed by atoms with Crippen molar-refractivity contribution in [1.29, 1.82) is 0 Å². The van der Waals surface area contributed by atoms with Crippen molar-refractivity contribution in [3.63, 3.8) is 0 Å². The predicted octanol–water partition coefficient (Wildman–Crippen LogP) is 2.55. The highest BCUT2D eigenvalue weighted by Crippen LogP contribution is 2.14. The number of esters is 1. The van der Waals surface area contributed by atoms with Crippen molar-refractivity contribution in [3.05, 3.63) is 35.9 Å². The van der Waals surface area contributed by atoms with Crippen LogP contribution in [0, 0.1) is 0 Å². The summed E-state index contributed by atoms with van der Waals surface area (Å²) in [5.74, 6) is -0.330. The molecule has 1 rings (SSSR count). The van der Waals surface area contributed by atoms with Crippen LogP contribution in [0.15, 0.2) is 35.2 Å². The highest BCUT2D eigenvalue weighted by atomic mass is 32.1. The van der Waals surface area contributed by atoms with E-state index < -0.39 is 0 Å². The zero-order chi connectivity index (χ0) is 10.4. The van der Waals surface area contributed by atoms with Crippen molar-refractivity contribution >= 4 is 24.7 Å². The Morgan fingerprint density at radius 2 is 2.21 bits per heavy atom. The molecule has 0 aromatic heterocycles. The van der Waals surface area contributed by atoms with Crippen LogP contribution in [0.5, 0.6) is 0 Å². The molecular weight excluding hydrogens is 196 g/mol.